The smallest absolute Gasteiger partial charge is 0.364 e. The molecule has 3 fully saturated rings. The van der Waals surface area contributed by atoms with Gasteiger partial charge >= 0.3 is 5.97 Å². The van der Waals surface area contributed by atoms with Gasteiger partial charge in [-0.05, 0) is 6.42 Å². The van der Waals surface area contributed by atoms with Crippen LogP contribution in [-0.2, 0) is 38.0 Å². The van der Waals surface area contributed by atoms with Crippen LogP contribution in [0.2, 0.25) is 0 Å². The number of aliphatic hydroxyl groups is 10. The van der Waals surface area contributed by atoms with Gasteiger partial charge in [0.1, 0.15) is 67.1 Å². The van der Waals surface area contributed by atoms with Gasteiger partial charge in [-0.1, -0.05) is 13.3 Å². The first-order chi connectivity index (χ1) is 22.1. The number of carboxylic acids is 1. The lowest BCUT2D eigenvalue weighted by Crippen LogP contribution is -2.68. The number of carbonyl (C=O) groups is 2. The summed E-state index contributed by atoms with van der Waals surface area (Å²) in [6, 6.07) is -1.47. The van der Waals surface area contributed by atoms with Crippen LogP contribution in [0.25, 0.3) is 0 Å². The number of carbonyl (C=O) groups excluding carboxylic acids is 1. The molecule has 3 heterocycles. The molecule has 3 rings (SSSR count). The third kappa shape index (κ3) is 9.11. The number of unbranched alkanes of at least 4 members (excludes halogenated alkanes) is 1. The van der Waals surface area contributed by atoms with E-state index in [1.165, 1.54) is 0 Å². The maximum Gasteiger partial charge on any atom is 0.364 e. The molecule has 0 saturated carbocycles. The summed E-state index contributed by atoms with van der Waals surface area (Å²) in [5.74, 6) is -5.38. The van der Waals surface area contributed by atoms with Crippen LogP contribution in [0.15, 0.2) is 0 Å². The van der Waals surface area contributed by atoms with E-state index in [4.69, 9.17) is 28.4 Å². The van der Waals surface area contributed by atoms with Gasteiger partial charge in [0.15, 0.2) is 12.6 Å². The van der Waals surface area contributed by atoms with Gasteiger partial charge in [-0.3, -0.25) is 4.79 Å². The highest BCUT2D eigenvalue weighted by molar-refractivity contribution is 5.76. The van der Waals surface area contributed by atoms with Gasteiger partial charge in [-0.25, -0.2) is 4.79 Å². The van der Waals surface area contributed by atoms with Crippen molar-refractivity contribution in [2.75, 3.05) is 26.4 Å². The summed E-state index contributed by atoms with van der Waals surface area (Å²) in [5, 5.41) is 116. The molecule has 0 aromatic carbocycles. The van der Waals surface area contributed by atoms with Crippen LogP contribution in [0, 0.1) is 0 Å². The van der Waals surface area contributed by atoms with E-state index in [1.54, 1.807) is 0 Å². The van der Waals surface area contributed by atoms with Gasteiger partial charge in [0.2, 0.25) is 5.91 Å². The van der Waals surface area contributed by atoms with E-state index in [0.29, 0.717) is 6.42 Å². The molecule has 20 heteroatoms. The second-order valence-electron chi connectivity index (χ2n) is 11.7. The SMILES string of the molecule is CCCCO[C@@H]1OC(CO)[C@@H](O[C@@H]2OC(CO[C@]3(C(=O)O)C[C@@H](O)[C@@H](NC(C)=O)C([C@H](O)[C@H](O)CO)O3)[C@H](O)[C@H](O)C2O)C(O)[C@@H]1O. The van der Waals surface area contributed by atoms with Crippen molar-refractivity contribution in [1.29, 1.82) is 0 Å². The first kappa shape index (κ1) is 39.7. The van der Waals surface area contributed by atoms with E-state index in [1.807, 2.05) is 6.92 Å². The molecule has 3 saturated heterocycles. The minimum absolute atomic E-state index is 0.180. The number of carboxylic acid groups (broad SMARTS) is 1. The Hall–Kier alpha value is -1.70. The fourth-order valence-corrected chi connectivity index (χ4v) is 5.52. The van der Waals surface area contributed by atoms with E-state index in [-0.39, 0.29) is 6.61 Å². The molecular weight excluding hydrogens is 642 g/mol. The number of aliphatic hydroxyl groups excluding tert-OH is 10. The van der Waals surface area contributed by atoms with Gasteiger partial charge < -0.3 is 89.9 Å². The first-order valence-electron chi connectivity index (χ1n) is 15.2. The predicted molar refractivity (Wildman–Crippen MR) is 149 cm³/mol. The van der Waals surface area contributed by atoms with Crippen molar-refractivity contribution >= 4 is 11.9 Å². The van der Waals surface area contributed by atoms with Gasteiger partial charge in [-0.15, -0.1) is 0 Å². The van der Waals surface area contributed by atoms with Crippen LogP contribution in [-0.4, -0.2) is 192 Å². The second-order valence-corrected chi connectivity index (χ2v) is 11.7. The Kier molecular flexibility index (Phi) is 14.6. The van der Waals surface area contributed by atoms with Crippen LogP contribution in [0.5, 0.6) is 0 Å². The maximum absolute atomic E-state index is 12.4. The molecule has 5 unspecified atom stereocenters. The Morgan fingerprint density at radius 3 is 2.15 bits per heavy atom. The summed E-state index contributed by atoms with van der Waals surface area (Å²) >= 11 is 0. The molecule has 47 heavy (non-hydrogen) atoms. The largest absolute Gasteiger partial charge is 0.477 e. The predicted octanol–water partition coefficient (Wildman–Crippen LogP) is -6.40. The third-order valence-corrected chi connectivity index (χ3v) is 8.23. The van der Waals surface area contributed by atoms with Crippen molar-refractivity contribution in [3.8, 4) is 0 Å². The number of nitrogens with one attached hydrogen (secondary N) is 1. The van der Waals surface area contributed by atoms with Gasteiger partial charge in [0.05, 0.1) is 32.0 Å². The number of hydrogen-bond acceptors (Lipinski definition) is 18. The second kappa shape index (κ2) is 17.3. The Morgan fingerprint density at radius 1 is 0.936 bits per heavy atom. The van der Waals surface area contributed by atoms with Gasteiger partial charge in [-0.2, -0.15) is 0 Å². The topological polar surface area (TPSA) is 324 Å². The molecule has 0 bridgehead atoms. The molecule has 16 atom stereocenters. The van der Waals surface area contributed by atoms with Crippen LogP contribution in [0.3, 0.4) is 0 Å². The minimum Gasteiger partial charge on any atom is -0.477 e. The molecule has 0 aliphatic carbocycles. The minimum atomic E-state index is -2.82. The Morgan fingerprint density at radius 2 is 1.57 bits per heavy atom. The maximum atomic E-state index is 12.4. The molecule has 3 aliphatic heterocycles. The molecule has 0 radical (unpaired) electrons. The van der Waals surface area contributed by atoms with Crippen molar-refractivity contribution in [3.63, 3.8) is 0 Å². The number of rotatable bonds is 15. The van der Waals surface area contributed by atoms with Crippen molar-refractivity contribution < 1.29 is 94.2 Å². The Labute approximate surface area is 269 Å². The Bertz CT molecular complexity index is 1010. The lowest BCUT2D eigenvalue weighted by atomic mass is 9.88. The van der Waals surface area contributed by atoms with Crippen molar-refractivity contribution in [3.05, 3.63) is 0 Å². The Balaban J connectivity index is 1.79. The summed E-state index contributed by atoms with van der Waals surface area (Å²) < 4.78 is 33.1. The average Bonchev–Trinajstić information content (AvgIpc) is 3.03. The molecular formula is C27H47NO19. The lowest BCUT2D eigenvalue weighted by molar-refractivity contribution is -0.367. The lowest BCUT2D eigenvalue weighted by Gasteiger charge is -2.48. The van der Waals surface area contributed by atoms with Crippen LogP contribution in [0.4, 0.5) is 0 Å². The zero-order valence-electron chi connectivity index (χ0n) is 25.8. The summed E-state index contributed by atoms with van der Waals surface area (Å²) in [7, 11) is 0. The van der Waals surface area contributed by atoms with E-state index >= 15 is 0 Å². The third-order valence-electron chi connectivity index (χ3n) is 8.23. The van der Waals surface area contributed by atoms with Gasteiger partial charge in [0, 0.05) is 20.0 Å². The number of amides is 1. The summed E-state index contributed by atoms with van der Waals surface area (Å²) in [5.41, 5.74) is 0. The standard InChI is InChI=1S/C27H47NO19/c1-3-4-5-42-24-21(39)19(37)22(13(8-30)44-24)46-25-20(38)18(36)17(35)14(45-25)9-43-27(26(40)41)6-11(32)15(28-10(2)31)23(47-27)16(34)12(33)7-29/h11-25,29-30,32-39H,3-9H2,1-2H3,(H,28,31)(H,40,41)/t11-,12-,13?,14?,15-,16-,17+,18+,19?,20?,21+,22-,23?,24-,25+,27-/m1/s1. The fourth-order valence-electron chi connectivity index (χ4n) is 5.52. The van der Waals surface area contributed by atoms with Crippen molar-refractivity contribution in [2.24, 2.45) is 0 Å². The molecule has 20 nitrogen and oxygen atoms in total. The highest BCUT2D eigenvalue weighted by atomic mass is 16.8. The fraction of sp³-hybridized carbons (Fsp3) is 0.926. The zero-order valence-corrected chi connectivity index (χ0v) is 25.8. The first-order valence-corrected chi connectivity index (χ1v) is 15.2. The normalized spacial score (nSPS) is 42.4. The van der Waals surface area contributed by atoms with Crippen LogP contribution < -0.4 is 5.32 Å². The average molecular weight is 690 g/mol. The highest BCUT2D eigenvalue weighted by Crippen LogP contribution is 2.35. The monoisotopic (exact) mass is 689 g/mol. The van der Waals surface area contributed by atoms with Crippen LogP contribution in [0.1, 0.15) is 33.1 Å². The van der Waals surface area contributed by atoms with E-state index in [0.717, 1.165) is 13.3 Å². The molecule has 3 aliphatic rings. The number of ether oxygens (including phenoxy) is 6. The highest BCUT2D eigenvalue weighted by Gasteiger charge is 2.57. The molecule has 12 N–H and O–H groups in total. The summed E-state index contributed by atoms with van der Waals surface area (Å²) in [6.45, 7) is 0.451. The van der Waals surface area contributed by atoms with Gasteiger partial charge in [0.25, 0.3) is 5.79 Å². The summed E-state index contributed by atoms with van der Waals surface area (Å²) in [6.07, 6.45) is -24.2. The summed E-state index contributed by atoms with van der Waals surface area (Å²) in [4.78, 5) is 24.2. The van der Waals surface area contributed by atoms with E-state index < -0.39 is 136 Å². The quantitative estimate of drug-likeness (QED) is 0.0711. The molecule has 274 valence electrons. The van der Waals surface area contributed by atoms with Crippen molar-refractivity contribution in [1.82, 2.24) is 5.32 Å². The van der Waals surface area contributed by atoms with Crippen molar-refractivity contribution in [2.45, 2.75) is 131 Å². The molecule has 0 aromatic heterocycles. The van der Waals surface area contributed by atoms with Crippen LogP contribution >= 0.6 is 0 Å². The molecule has 0 aromatic rings. The zero-order chi connectivity index (χ0) is 35.2. The van der Waals surface area contributed by atoms with E-state index in [2.05, 4.69) is 5.32 Å². The molecule has 1 amide bonds. The van der Waals surface area contributed by atoms with E-state index in [9.17, 15) is 65.8 Å². The number of aliphatic carboxylic acids is 1. The number of hydrogen-bond donors (Lipinski definition) is 12. The molecule has 0 spiro atoms.